The fraction of sp³-hybridized carbons (Fsp3) is 0.0667. The molecule has 1 aromatic heterocycles. The molecule has 0 spiro atoms. The summed E-state index contributed by atoms with van der Waals surface area (Å²) < 4.78 is 25.9. The molecule has 0 fully saturated rings. The maximum absolute atomic E-state index is 13.1. The van der Waals surface area contributed by atoms with Gasteiger partial charge in [0.05, 0.1) is 18.1 Å². The van der Waals surface area contributed by atoms with Crippen LogP contribution in [0.15, 0.2) is 42.6 Å². The summed E-state index contributed by atoms with van der Waals surface area (Å²) in [6.07, 6.45) is 1.63. The minimum Gasteiger partial charge on any atom is -0.326 e. The predicted molar refractivity (Wildman–Crippen MR) is 74.8 cm³/mol. The normalized spacial score (nSPS) is 10.8. The van der Waals surface area contributed by atoms with Crippen LogP contribution in [-0.2, 0) is 11.2 Å². The summed E-state index contributed by atoms with van der Waals surface area (Å²) in [5, 5.41) is 10.3. The van der Waals surface area contributed by atoms with Gasteiger partial charge in [0.2, 0.25) is 5.91 Å². The number of rotatable bonds is 3. The summed E-state index contributed by atoms with van der Waals surface area (Å²) in [5.41, 5.74) is 1.90. The van der Waals surface area contributed by atoms with Crippen molar-refractivity contribution < 1.29 is 13.6 Å². The van der Waals surface area contributed by atoms with E-state index in [1.165, 1.54) is 6.07 Å². The molecular formula is C15H11F2N3O. The lowest BCUT2D eigenvalue weighted by atomic mass is 10.1. The maximum atomic E-state index is 13.1. The molecule has 106 valence electrons. The fourth-order valence-corrected chi connectivity index (χ4v) is 2.06. The summed E-state index contributed by atoms with van der Waals surface area (Å²) in [6, 6.07) is 8.74. The Morgan fingerprint density at radius 2 is 2.00 bits per heavy atom. The number of aromatic amines is 1. The number of hydrogen-bond donors (Lipinski definition) is 2. The van der Waals surface area contributed by atoms with E-state index >= 15 is 0 Å². The molecule has 0 aliphatic rings. The highest BCUT2D eigenvalue weighted by atomic mass is 19.2. The van der Waals surface area contributed by atoms with Crippen LogP contribution in [0.2, 0.25) is 0 Å². The molecule has 6 heteroatoms. The van der Waals surface area contributed by atoms with Gasteiger partial charge in [0, 0.05) is 11.1 Å². The van der Waals surface area contributed by atoms with Gasteiger partial charge < -0.3 is 5.32 Å². The summed E-state index contributed by atoms with van der Waals surface area (Å²) in [7, 11) is 0. The second-order valence-corrected chi connectivity index (χ2v) is 4.65. The van der Waals surface area contributed by atoms with E-state index in [1.807, 2.05) is 0 Å². The molecule has 0 unspecified atom stereocenters. The van der Waals surface area contributed by atoms with Crippen LogP contribution in [0.3, 0.4) is 0 Å². The fourth-order valence-electron chi connectivity index (χ4n) is 2.06. The first-order chi connectivity index (χ1) is 10.1. The van der Waals surface area contributed by atoms with Crippen LogP contribution >= 0.6 is 0 Å². The van der Waals surface area contributed by atoms with Gasteiger partial charge in [-0.25, -0.2) is 8.78 Å². The zero-order valence-corrected chi connectivity index (χ0v) is 10.9. The van der Waals surface area contributed by atoms with Crippen molar-refractivity contribution in [1.82, 2.24) is 10.2 Å². The molecule has 0 saturated carbocycles. The number of carbonyl (C=O) groups excluding carboxylic acids is 1. The Morgan fingerprint density at radius 3 is 2.81 bits per heavy atom. The Morgan fingerprint density at radius 1 is 1.14 bits per heavy atom. The number of anilines is 1. The van der Waals surface area contributed by atoms with E-state index in [0.717, 1.165) is 23.0 Å². The molecule has 3 rings (SSSR count). The molecule has 2 N–H and O–H groups in total. The Labute approximate surface area is 118 Å². The highest BCUT2D eigenvalue weighted by molar-refractivity contribution is 5.94. The number of H-pyrrole nitrogens is 1. The quantitative estimate of drug-likeness (QED) is 0.778. The molecule has 0 aliphatic carbocycles. The van der Waals surface area contributed by atoms with Crippen LogP contribution < -0.4 is 5.32 Å². The minimum absolute atomic E-state index is 0.0272. The molecule has 21 heavy (non-hydrogen) atoms. The number of carbonyl (C=O) groups is 1. The summed E-state index contributed by atoms with van der Waals surface area (Å²) >= 11 is 0. The number of fused-ring (bicyclic) bond motifs is 1. The number of nitrogens with zero attached hydrogens (tertiary/aromatic N) is 1. The van der Waals surface area contributed by atoms with E-state index in [1.54, 1.807) is 24.4 Å². The Balaban J connectivity index is 1.71. The standard InChI is InChI=1S/C15H11F2N3O/c16-12-3-1-9(5-13(12)17)6-15(21)19-11-2-4-14-10(7-11)8-18-20-14/h1-5,7-8H,6H2,(H,18,20)(H,19,21). The maximum Gasteiger partial charge on any atom is 0.228 e. The number of benzene rings is 2. The van der Waals surface area contributed by atoms with Crippen molar-refractivity contribution in [1.29, 1.82) is 0 Å². The first-order valence-electron chi connectivity index (χ1n) is 6.29. The van der Waals surface area contributed by atoms with Crippen LogP contribution in [0.1, 0.15) is 5.56 Å². The van der Waals surface area contributed by atoms with E-state index in [4.69, 9.17) is 0 Å². The van der Waals surface area contributed by atoms with E-state index in [9.17, 15) is 13.6 Å². The van der Waals surface area contributed by atoms with Gasteiger partial charge in [0.25, 0.3) is 0 Å². The smallest absolute Gasteiger partial charge is 0.228 e. The Kier molecular flexibility index (Phi) is 3.35. The van der Waals surface area contributed by atoms with Crippen LogP contribution in [-0.4, -0.2) is 16.1 Å². The average Bonchev–Trinajstić information content (AvgIpc) is 2.90. The van der Waals surface area contributed by atoms with Crippen LogP contribution in [0.25, 0.3) is 10.9 Å². The molecule has 0 atom stereocenters. The van der Waals surface area contributed by atoms with Gasteiger partial charge in [-0.3, -0.25) is 9.89 Å². The third-order valence-electron chi connectivity index (χ3n) is 3.07. The zero-order valence-electron chi connectivity index (χ0n) is 10.9. The second-order valence-electron chi connectivity index (χ2n) is 4.65. The third kappa shape index (κ3) is 2.89. The number of nitrogens with one attached hydrogen (secondary N) is 2. The monoisotopic (exact) mass is 287 g/mol. The largest absolute Gasteiger partial charge is 0.326 e. The van der Waals surface area contributed by atoms with Gasteiger partial charge >= 0.3 is 0 Å². The number of hydrogen-bond acceptors (Lipinski definition) is 2. The lowest BCUT2D eigenvalue weighted by Crippen LogP contribution is -2.14. The number of amides is 1. The van der Waals surface area contributed by atoms with Gasteiger partial charge in [0.15, 0.2) is 11.6 Å². The van der Waals surface area contributed by atoms with E-state index in [2.05, 4.69) is 15.5 Å². The zero-order chi connectivity index (χ0) is 14.8. The lowest BCUT2D eigenvalue weighted by Gasteiger charge is -2.06. The van der Waals surface area contributed by atoms with Crippen molar-refractivity contribution in [3.05, 3.63) is 59.8 Å². The summed E-state index contributed by atoms with van der Waals surface area (Å²) in [6.45, 7) is 0. The second kappa shape index (κ2) is 5.32. The van der Waals surface area contributed by atoms with Crippen molar-refractivity contribution in [2.45, 2.75) is 6.42 Å². The van der Waals surface area contributed by atoms with Crippen molar-refractivity contribution in [3.63, 3.8) is 0 Å². The SMILES string of the molecule is O=C(Cc1ccc(F)c(F)c1)Nc1ccc2[nH]ncc2c1. The van der Waals surface area contributed by atoms with E-state index in [-0.39, 0.29) is 12.3 Å². The third-order valence-corrected chi connectivity index (χ3v) is 3.07. The van der Waals surface area contributed by atoms with Crippen molar-refractivity contribution in [2.24, 2.45) is 0 Å². The van der Waals surface area contributed by atoms with Crippen LogP contribution in [0, 0.1) is 11.6 Å². The lowest BCUT2D eigenvalue weighted by molar-refractivity contribution is -0.115. The first kappa shape index (κ1) is 13.2. The molecule has 1 amide bonds. The molecular weight excluding hydrogens is 276 g/mol. The van der Waals surface area contributed by atoms with E-state index in [0.29, 0.717) is 11.3 Å². The topological polar surface area (TPSA) is 57.8 Å². The predicted octanol–water partition coefficient (Wildman–Crippen LogP) is 3.02. The molecule has 2 aromatic carbocycles. The van der Waals surface area contributed by atoms with Crippen molar-refractivity contribution in [2.75, 3.05) is 5.32 Å². The Hall–Kier alpha value is -2.76. The number of aromatic nitrogens is 2. The van der Waals surface area contributed by atoms with Crippen LogP contribution in [0.5, 0.6) is 0 Å². The van der Waals surface area contributed by atoms with Crippen LogP contribution in [0.4, 0.5) is 14.5 Å². The molecule has 0 aliphatic heterocycles. The van der Waals surface area contributed by atoms with Gasteiger partial charge in [-0.1, -0.05) is 6.07 Å². The summed E-state index contributed by atoms with van der Waals surface area (Å²) in [4.78, 5) is 11.9. The van der Waals surface area contributed by atoms with Gasteiger partial charge in [0.1, 0.15) is 0 Å². The van der Waals surface area contributed by atoms with Crippen molar-refractivity contribution >= 4 is 22.5 Å². The van der Waals surface area contributed by atoms with Gasteiger partial charge in [-0.15, -0.1) is 0 Å². The first-order valence-corrected chi connectivity index (χ1v) is 6.29. The van der Waals surface area contributed by atoms with Gasteiger partial charge in [-0.05, 0) is 35.9 Å². The van der Waals surface area contributed by atoms with E-state index < -0.39 is 11.6 Å². The molecule has 0 radical (unpaired) electrons. The number of halogens is 2. The summed E-state index contributed by atoms with van der Waals surface area (Å²) in [5.74, 6) is -2.19. The molecule has 1 heterocycles. The van der Waals surface area contributed by atoms with Crippen molar-refractivity contribution in [3.8, 4) is 0 Å². The average molecular weight is 287 g/mol. The molecule has 4 nitrogen and oxygen atoms in total. The molecule has 0 saturated heterocycles. The highest BCUT2D eigenvalue weighted by Crippen LogP contribution is 2.17. The Bertz CT molecular complexity index is 814. The molecule has 3 aromatic rings. The highest BCUT2D eigenvalue weighted by Gasteiger charge is 2.08. The minimum atomic E-state index is -0.958. The van der Waals surface area contributed by atoms with Gasteiger partial charge in [-0.2, -0.15) is 5.10 Å². The molecule has 0 bridgehead atoms.